The summed E-state index contributed by atoms with van der Waals surface area (Å²) >= 11 is 0. The topological polar surface area (TPSA) is 21.3 Å². The zero-order chi connectivity index (χ0) is 11.1. The van der Waals surface area contributed by atoms with E-state index in [9.17, 15) is 0 Å². The Balaban J connectivity index is 2.13. The number of rotatable bonds is 6. The molecule has 0 heterocycles. The second-order valence-electron chi connectivity index (χ2n) is 5.23. The highest BCUT2D eigenvalue weighted by atomic mass is 16.5. The standard InChI is InChI=1S/C13H27NO/c1-11(2)13-6-4-5-12(9-13)10-14-7-8-15-3/h11-14H,4-10H2,1-3H3. The summed E-state index contributed by atoms with van der Waals surface area (Å²) in [5.74, 6) is 2.74. The van der Waals surface area contributed by atoms with E-state index in [0.29, 0.717) is 0 Å². The maximum absolute atomic E-state index is 5.03. The van der Waals surface area contributed by atoms with Crippen LogP contribution in [0.25, 0.3) is 0 Å². The van der Waals surface area contributed by atoms with Crippen molar-refractivity contribution in [2.24, 2.45) is 17.8 Å². The molecule has 0 aromatic heterocycles. The molecule has 1 saturated carbocycles. The van der Waals surface area contributed by atoms with E-state index in [4.69, 9.17) is 4.74 Å². The van der Waals surface area contributed by atoms with Crippen molar-refractivity contribution < 1.29 is 4.74 Å². The highest BCUT2D eigenvalue weighted by Gasteiger charge is 2.23. The molecule has 0 saturated heterocycles. The van der Waals surface area contributed by atoms with Crippen molar-refractivity contribution in [2.75, 3.05) is 26.8 Å². The first kappa shape index (κ1) is 13.0. The molecule has 0 aromatic rings. The van der Waals surface area contributed by atoms with Crippen molar-refractivity contribution in [3.8, 4) is 0 Å². The predicted molar refractivity (Wildman–Crippen MR) is 65.0 cm³/mol. The quantitative estimate of drug-likeness (QED) is 0.685. The number of hydrogen-bond acceptors (Lipinski definition) is 2. The molecule has 0 aliphatic heterocycles. The summed E-state index contributed by atoms with van der Waals surface area (Å²) in [6, 6.07) is 0. The van der Waals surface area contributed by atoms with E-state index in [-0.39, 0.29) is 0 Å². The minimum absolute atomic E-state index is 0.834. The summed E-state index contributed by atoms with van der Waals surface area (Å²) in [7, 11) is 1.76. The van der Waals surface area contributed by atoms with E-state index in [1.807, 2.05) is 0 Å². The van der Waals surface area contributed by atoms with Crippen LogP contribution in [0, 0.1) is 17.8 Å². The molecule has 1 fully saturated rings. The van der Waals surface area contributed by atoms with Gasteiger partial charge in [0.05, 0.1) is 6.61 Å². The third kappa shape index (κ3) is 4.98. The fourth-order valence-corrected chi connectivity index (χ4v) is 2.60. The first-order valence-electron chi connectivity index (χ1n) is 6.43. The van der Waals surface area contributed by atoms with Crippen LogP contribution in [0.2, 0.25) is 0 Å². The second-order valence-corrected chi connectivity index (χ2v) is 5.23. The maximum Gasteiger partial charge on any atom is 0.0587 e. The average molecular weight is 213 g/mol. The third-order valence-corrected chi connectivity index (χ3v) is 3.68. The van der Waals surface area contributed by atoms with E-state index in [2.05, 4.69) is 19.2 Å². The summed E-state index contributed by atoms with van der Waals surface area (Å²) < 4.78 is 5.03. The van der Waals surface area contributed by atoms with Crippen LogP contribution in [-0.2, 0) is 4.74 Å². The second kappa shape index (κ2) is 7.24. The molecule has 2 atom stereocenters. The Kier molecular flexibility index (Phi) is 6.26. The maximum atomic E-state index is 5.03. The molecule has 90 valence electrons. The Morgan fingerprint density at radius 2 is 2.13 bits per heavy atom. The van der Waals surface area contributed by atoms with Crippen LogP contribution in [0.1, 0.15) is 39.5 Å². The van der Waals surface area contributed by atoms with Crippen molar-refractivity contribution in [2.45, 2.75) is 39.5 Å². The Labute approximate surface area is 94.8 Å². The molecular formula is C13H27NO. The molecule has 2 unspecified atom stereocenters. The molecule has 0 amide bonds. The van der Waals surface area contributed by atoms with Crippen LogP contribution in [0.3, 0.4) is 0 Å². The molecular weight excluding hydrogens is 186 g/mol. The monoisotopic (exact) mass is 213 g/mol. The summed E-state index contributed by atoms with van der Waals surface area (Å²) in [6.45, 7) is 7.75. The lowest BCUT2D eigenvalue weighted by atomic mass is 9.76. The molecule has 0 aromatic carbocycles. The number of ether oxygens (including phenoxy) is 1. The van der Waals surface area contributed by atoms with Crippen LogP contribution in [0.5, 0.6) is 0 Å². The van der Waals surface area contributed by atoms with Crippen molar-refractivity contribution >= 4 is 0 Å². The van der Waals surface area contributed by atoms with Gasteiger partial charge in [-0.25, -0.2) is 0 Å². The van der Waals surface area contributed by atoms with E-state index in [0.717, 1.165) is 30.9 Å². The third-order valence-electron chi connectivity index (χ3n) is 3.68. The summed E-state index contributed by atoms with van der Waals surface area (Å²) in [4.78, 5) is 0. The van der Waals surface area contributed by atoms with Gasteiger partial charge in [-0.15, -0.1) is 0 Å². The molecule has 2 heteroatoms. The molecule has 0 radical (unpaired) electrons. The van der Waals surface area contributed by atoms with E-state index < -0.39 is 0 Å². The fourth-order valence-electron chi connectivity index (χ4n) is 2.60. The molecule has 2 nitrogen and oxygen atoms in total. The highest BCUT2D eigenvalue weighted by Crippen LogP contribution is 2.33. The van der Waals surface area contributed by atoms with Gasteiger partial charge in [0.25, 0.3) is 0 Å². The van der Waals surface area contributed by atoms with Crippen LogP contribution >= 0.6 is 0 Å². The van der Waals surface area contributed by atoms with Gasteiger partial charge in [-0.2, -0.15) is 0 Å². The van der Waals surface area contributed by atoms with E-state index in [1.54, 1.807) is 7.11 Å². The molecule has 1 aliphatic carbocycles. The lowest BCUT2D eigenvalue weighted by Crippen LogP contribution is -2.30. The van der Waals surface area contributed by atoms with Crippen molar-refractivity contribution in [1.29, 1.82) is 0 Å². The first-order valence-corrected chi connectivity index (χ1v) is 6.43. The molecule has 1 aliphatic rings. The SMILES string of the molecule is COCCNCC1CCCC(C(C)C)C1. The van der Waals surface area contributed by atoms with Crippen LogP contribution in [0.15, 0.2) is 0 Å². The van der Waals surface area contributed by atoms with Crippen LogP contribution in [0.4, 0.5) is 0 Å². The minimum Gasteiger partial charge on any atom is -0.383 e. The van der Waals surface area contributed by atoms with Gasteiger partial charge in [0.15, 0.2) is 0 Å². The van der Waals surface area contributed by atoms with Crippen LogP contribution in [-0.4, -0.2) is 26.8 Å². The minimum atomic E-state index is 0.834. The predicted octanol–water partition coefficient (Wildman–Crippen LogP) is 2.68. The van der Waals surface area contributed by atoms with Gasteiger partial charge >= 0.3 is 0 Å². The lowest BCUT2D eigenvalue weighted by molar-refractivity contribution is 0.185. The Morgan fingerprint density at radius 3 is 2.80 bits per heavy atom. The number of nitrogens with one attached hydrogen (secondary N) is 1. The molecule has 0 bridgehead atoms. The molecule has 15 heavy (non-hydrogen) atoms. The van der Waals surface area contributed by atoms with Gasteiger partial charge in [0.2, 0.25) is 0 Å². The summed E-state index contributed by atoms with van der Waals surface area (Å²) in [5, 5.41) is 3.49. The van der Waals surface area contributed by atoms with Gasteiger partial charge in [-0.3, -0.25) is 0 Å². The Hall–Kier alpha value is -0.0800. The zero-order valence-corrected chi connectivity index (χ0v) is 10.6. The highest BCUT2D eigenvalue weighted by molar-refractivity contribution is 4.76. The normalized spacial score (nSPS) is 27.2. The number of methoxy groups -OCH3 is 1. The Bertz CT molecular complexity index is 159. The number of hydrogen-bond donors (Lipinski definition) is 1. The zero-order valence-electron chi connectivity index (χ0n) is 10.6. The van der Waals surface area contributed by atoms with Crippen molar-refractivity contribution in [3.05, 3.63) is 0 Å². The van der Waals surface area contributed by atoms with Gasteiger partial charge < -0.3 is 10.1 Å². The average Bonchev–Trinajstić information content (AvgIpc) is 2.25. The smallest absolute Gasteiger partial charge is 0.0587 e. The van der Waals surface area contributed by atoms with Crippen LogP contribution < -0.4 is 5.32 Å². The molecule has 1 rings (SSSR count). The summed E-state index contributed by atoms with van der Waals surface area (Å²) in [5.41, 5.74) is 0. The van der Waals surface area contributed by atoms with Crippen molar-refractivity contribution in [1.82, 2.24) is 5.32 Å². The van der Waals surface area contributed by atoms with E-state index >= 15 is 0 Å². The fraction of sp³-hybridized carbons (Fsp3) is 1.00. The largest absolute Gasteiger partial charge is 0.383 e. The Morgan fingerprint density at radius 1 is 1.33 bits per heavy atom. The van der Waals surface area contributed by atoms with Gasteiger partial charge in [0, 0.05) is 13.7 Å². The van der Waals surface area contributed by atoms with Gasteiger partial charge in [-0.1, -0.05) is 26.7 Å². The lowest BCUT2D eigenvalue weighted by Gasteiger charge is -2.31. The molecule has 0 spiro atoms. The summed E-state index contributed by atoms with van der Waals surface area (Å²) in [6.07, 6.45) is 5.73. The molecule has 1 N–H and O–H groups in total. The van der Waals surface area contributed by atoms with E-state index in [1.165, 1.54) is 32.2 Å². The van der Waals surface area contributed by atoms with Gasteiger partial charge in [-0.05, 0) is 37.1 Å². The first-order chi connectivity index (χ1) is 7.24. The van der Waals surface area contributed by atoms with Crippen molar-refractivity contribution in [3.63, 3.8) is 0 Å². The van der Waals surface area contributed by atoms with Gasteiger partial charge in [0.1, 0.15) is 0 Å².